The van der Waals surface area contributed by atoms with Crippen LogP contribution in [0.3, 0.4) is 0 Å². The Balaban J connectivity index is 1.92. The summed E-state index contributed by atoms with van der Waals surface area (Å²) >= 11 is 0. The second-order valence-corrected chi connectivity index (χ2v) is 4.95. The molecule has 4 N–H and O–H groups in total. The molecule has 7 heteroatoms. The number of rotatable bonds is 5. The van der Waals surface area contributed by atoms with Crippen molar-refractivity contribution in [3.63, 3.8) is 0 Å². The molecule has 2 rings (SSSR count). The molecule has 0 aliphatic heterocycles. The molecule has 0 aromatic heterocycles. The molecule has 1 aliphatic carbocycles. The molecule has 1 aliphatic rings. The van der Waals surface area contributed by atoms with Gasteiger partial charge in [0.15, 0.2) is 0 Å². The van der Waals surface area contributed by atoms with Gasteiger partial charge in [-0.2, -0.15) is 0 Å². The zero-order valence-corrected chi connectivity index (χ0v) is 11.6. The number of hydrogen-bond acceptors (Lipinski definition) is 3. The molecule has 0 bridgehead atoms. The molecule has 1 aromatic rings. The number of benzene rings is 1. The Morgan fingerprint density at radius 3 is 2.52 bits per heavy atom. The third kappa shape index (κ3) is 4.20. The van der Waals surface area contributed by atoms with E-state index < -0.39 is 18.0 Å². The highest BCUT2D eigenvalue weighted by Crippen LogP contribution is 2.18. The molecular weight excluding hydrogens is 274 g/mol. The first kappa shape index (κ1) is 14.8. The fourth-order valence-electron chi connectivity index (χ4n) is 1.75. The lowest BCUT2D eigenvalue weighted by Crippen LogP contribution is -2.47. The maximum Gasteiger partial charge on any atom is 0.337 e. The molecule has 0 saturated heterocycles. The van der Waals surface area contributed by atoms with Gasteiger partial charge in [0.1, 0.15) is 6.04 Å². The van der Waals surface area contributed by atoms with Crippen LogP contribution in [-0.2, 0) is 4.79 Å². The number of carboxylic acid groups (broad SMARTS) is 1. The summed E-state index contributed by atoms with van der Waals surface area (Å²) in [6.45, 7) is 1.57. The van der Waals surface area contributed by atoms with E-state index in [4.69, 9.17) is 5.11 Å². The highest BCUT2D eigenvalue weighted by molar-refractivity contribution is 6.00. The highest BCUT2D eigenvalue weighted by Gasteiger charge is 2.26. The molecule has 3 amide bonds. The van der Waals surface area contributed by atoms with Crippen LogP contribution in [0.5, 0.6) is 0 Å². The Bertz CT molecular complexity index is 569. The van der Waals surface area contributed by atoms with E-state index in [2.05, 4.69) is 16.0 Å². The summed E-state index contributed by atoms with van der Waals surface area (Å²) in [5, 5.41) is 16.7. The molecule has 1 saturated carbocycles. The minimum absolute atomic E-state index is 0.0114. The second-order valence-electron chi connectivity index (χ2n) is 4.95. The normalized spacial score (nSPS) is 14.9. The van der Waals surface area contributed by atoms with Gasteiger partial charge in [0.25, 0.3) is 0 Å². The minimum Gasteiger partial charge on any atom is -0.478 e. The van der Waals surface area contributed by atoms with E-state index in [-0.39, 0.29) is 23.2 Å². The smallest absolute Gasteiger partial charge is 0.337 e. The van der Waals surface area contributed by atoms with Crippen LogP contribution in [0.4, 0.5) is 10.5 Å². The third-order valence-electron chi connectivity index (χ3n) is 3.07. The van der Waals surface area contributed by atoms with Crippen LogP contribution in [0.1, 0.15) is 30.1 Å². The Hall–Kier alpha value is -2.57. The van der Waals surface area contributed by atoms with Crippen LogP contribution >= 0.6 is 0 Å². The van der Waals surface area contributed by atoms with Gasteiger partial charge >= 0.3 is 12.0 Å². The predicted molar refractivity (Wildman–Crippen MR) is 76.2 cm³/mol. The lowest BCUT2D eigenvalue weighted by atomic mass is 10.2. The van der Waals surface area contributed by atoms with Crippen LogP contribution in [0.15, 0.2) is 24.3 Å². The van der Waals surface area contributed by atoms with E-state index in [0.29, 0.717) is 0 Å². The van der Waals surface area contributed by atoms with Crippen LogP contribution < -0.4 is 16.0 Å². The Labute approximate surface area is 121 Å². The summed E-state index contributed by atoms with van der Waals surface area (Å²) in [4.78, 5) is 34.5. The van der Waals surface area contributed by atoms with Crippen molar-refractivity contribution in [3.8, 4) is 0 Å². The molecule has 1 unspecified atom stereocenters. The lowest BCUT2D eigenvalue weighted by molar-refractivity contribution is -0.122. The number of aromatic carboxylic acids is 1. The Morgan fingerprint density at radius 1 is 1.24 bits per heavy atom. The average Bonchev–Trinajstić information content (AvgIpc) is 3.22. The third-order valence-corrected chi connectivity index (χ3v) is 3.07. The maximum atomic E-state index is 11.8. The van der Waals surface area contributed by atoms with E-state index >= 15 is 0 Å². The van der Waals surface area contributed by atoms with Crippen LogP contribution in [-0.4, -0.2) is 35.1 Å². The standard InChI is InChI=1S/C14H17N3O4/c1-8(12(18)16-9-6-7-9)15-14(21)17-11-5-3-2-4-10(11)13(19)20/h2-5,8-9H,6-7H2,1H3,(H,16,18)(H,19,20)(H2,15,17,21). The molecular formula is C14H17N3O4. The summed E-state index contributed by atoms with van der Waals surface area (Å²) in [7, 11) is 0. The van der Waals surface area contributed by atoms with E-state index in [1.807, 2.05) is 0 Å². The van der Waals surface area contributed by atoms with Crippen LogP contribution in [0.25, 0.3) is 0 Å². The first-order valence-electron chi connectivity index (χ1n) is 6.67. The summed E-state index contributed by atoms with van der Waals surface area (Å²) in [6.07, 6.45) is 1.94. The monoisotopic (exact) mass is 291 g/mol. The van der Waals surface area contributed by atoms with E-state index in [0.717, 1.165) is 12.8 Å². The molecule has 7 nitrogen and oxygen atoms in total. The predicted octanol–water partition coefficient (Wildman–Crippen LogP) is 1.17. The van der Waals surface area contributed by atoms with Crippen molar-refractivity contribution >= 4 is 23.6 Å². The number of carboxylic acids is 1. The van der Waals surface area contributed by atoms with Gasteiger partial charge in [-0.05, 0) is 31.9 Å². The fourth-order valence-corrected chi connectivity index (χ4v) is 1.75. The van der Waals surface area contributed by atoms with Gasteiger partial charge < -0.3 is 21.1 Å². The van der Waals surface area contributed by atoms with Gasteiger partial charge in [0.05, 0.1) is 11.3 Å². The van der Waals surface area contributed by atoms with Crippen molar-refractivity contribution in [2.24, 2.45) is 0 Å². The topological polar surface area (TPSA) is 108 Å². The highest BCUT2D eigenvalue weighted by atomic mass is 16.4. The number of anilines is 1. The number of nitrogens with one attached hydrogen (secondary N) is 3. The molecule has 1 fully saturated rings. The van der Waals surface area contributed by atoms with Crippen molar-refractivity contribution < 1.29 is 19.5 Å². The maximum absolute atomic E-state index is 11.8. The van der Waals surface area contributed by atoms with Crippen molar-refractivity contribution in [2.75, 3.05) is 5.32 Å². The summed E-state index contributed by atoms with van der Waals surface area (Å²) < 4.78 is 0. The van der Waals surface area contributed by atoms with Gasteiger partial charge in [-0.25, -0.2) is 9.59 Å². The van der Waals surface area contributed by atoms with E-state index in [9.17, 15) is 14.4 Å². The number of carbonyl (C=O) groups is 3. The number of amides is 3. The molecule has 1 atom stereocenters. The van der Waals surface area contributed by atoms with E-state index in [1.165, 1.54) is 12.1 Å². The Morgan fingerprint density at radius 2 is 1.90 bits per heavy atom. The van der Waals surface area contributed by atoms with Crippen molar-refractivity contribution in [1.82, 2.24) is 10.6 Å². The van der Waals surface area contributed by atoms with Gasteiger partial charge in [-0.1, -0.05) is 12.1 Å². The number of urea groups is 1. The van der Waals surface area contributed by atoms with Gasteiger partial charge in [-0.3, -0.25) is 4.79 Å². The van der Waals surface area contributed by atoms with Crippen LogP contribution in [0, 0.1) is 0 Å². The van der Waals surface area contributed by atoms with E-state index in [1.54, 1.807) is 19.1 Å². The zero-order valence-electron chi connectivity index (χ0n) is 11.6. The van der Waals surface area contributed by atoms with Gasteiger partial charge in [-0.15, -0.1) is 0 Å². The lowest BCUT2D eigenvalue weighted by Gasteiger charge is -2.15. The molecule has 1 aromatic carbocycles. The SMILES string of the molecule is CC(NC(=O)Nc1ccccc1C(=O)O)C(=O)NC1CC1. The summed E-state index contributed by atoms with van der Waals surface area (Å²) in [5.41, 5.74) is 0.167. The van der Waals surface area contributed by atoms with Crippen molar-refractivity contribution in [1.29, 1.82) is 0 Å². The second kappa shape index (κ2) is 6.25. The van der Waals surface area contributed by atoms with Crippen molar-refractivity contribution in [2.45, 2.75) is 31.8 Å². The Kier molecular flexibility index (Phi) is 4.42. The summed E-state index contributed by atoms with van der Waals surface area (Å²) in [6, 6.07) is 4.96. The summed E-state index contributed by atoms with van der Waals surface area (Å²) in [5.74, 6) is -1.38. The number of hydrogen-bond donors (Lipinski definition) is 4. The first-order chi connectivity index (χ1) is 9.97. The molecule has 112 valence electrons. The molecule has 0 radical (unpaired) electrons. The molecule has 21 heavy (non-hydrogen) atoms. The van der Waals surface area contributed by atoms with Gasteiger partial charge in [0, 0.05) is 6.04 Å². The quantitative estimate of drug-likeness (QED) is 0.653. The minimum atomic E-state index is -1.13. The fraction of sp³-hybridized carbons (Fsp3) is 0.357. The number of para-hydroxylation sites is 1. The molecule has 0 heterocycles. The zero-order chi connectivity index (χ0) is 15.4. The van der Waals surface area contributed by atoms with Gasteiger partial charge in [0.2, 0.25) is 5.91 Å². The first-order valence-corrected chi connectivity index (χ1v) is 6.67. The number of carbonyl (C=O) groups excluding carboxylic acids is 2. The van der Waals surface area contributed by atoms with Crippen molar-refractivity contribution in [3.05, 3.63) is 29.8 Å². The largest absolute Gasteiger partial charge is 0.478 e. The van der Waals surface area contributed by atoms with Crippen LogP contribution in [0.2, 0.25) is 0 Å². The average molecular weight is 291 g/mol. The molecule has 0 spiro atoms.